The minimum Gasteiger partial charge on any atom is -0.356 e. The van der Waals surface area contributed by atoms with E-state index in [2.05, 4.69) is 35.2 Å². The quantitative estimate of drug-likeness (QED) is 0.460. The Bertz CT molecular complexity index is 1500. The molecule has 2 N–H and O–H groups in total. The van der Waals surface area contributed by atoms with Crippen molar-refractivity contribution in [2.45, 2.75) is 6.04 Å². The molecule has 0 unspecified atom stereocenters. The largest absolute Gasteiger partial charge is 0.356 e. The van der Waals surface area contributed by atoms with Crippen LogP contribution in [-0.4, -0.2) is 41.1 Å². The number of hydrogen-bond donors (Lipinski definition) is 2. The molecule has 0 spiro atoms. The molecule has 6 rings (SSSR count). The molecule has 11 heteroatoms. The number of halogens is 1. The zero-order valence-electron chi connectivity index (χ0n) is 15.9. The van der Waals surface area contributed by atoms with Crippen LogP contribution in [0.3, 0.4) is 0 Å². The summed E-state index contributed by atoms with van der Waals surface area (Å²) in [5, 5.41) is 5.00. The van der Waals surface area contributed by atoms with Crippen molar-refractivity contribution in [1.29, 1.82) is 0 Å². The SMILES string of the molecule is O=c1c2c(F)cccc2nc2n1N(c1cccnc1)C[C@@H]2Nc1ncnc2nc[nH]c12. The van der Waals surface area contributed by atoms with Crippen LogP contribution < -0.4 is 15.9 Å². The third kappa shape index (κ3) is 2.63. The Kier molecular flexibility index (Phi) is 3.69. The average Bonchev–Trinajstić information content (AvgIpc) is 3.40. The molecule has 0 amide bonds. The van der Waals surface area contributed by atoms with Crippen LogP contribution in [0.4, 0.5) is 15.9 Å². The van der Waals surface area contributed by atoms with Crippen molar-refractivity contribution < 1.29 is 4.39 Å². The van der Waals surface area contributed by atoms with Gasteiger partial charge in [-0.1, -0.05) is 6.07 Å². The number of fused-ring (bicyclic) bond motifs is 3. The van der Waals surface area contributed by atoms with Gasteiger partial charge in [0.25, 0.3) is 5.56 Å². The predicted molar refractivity (Wildman–Crippen MR) is 111 cm³/mol. The van der Waals surface area contributed by atoms with Gasteiger partial charge in [0.2, 0.25) is 0 Å². The summed E-state index contributed by atoms with van der Waals surface area (Å²) in [6.07, 6.45) is 6.23. The molecule has 10 nitrogen and oxygen atoms in total. The Labute approximate surface area is 173 Å². The number of pyridine rings is 1. The minimum absolute atomic E-state index is 0.0567. The number of imidazole rings is 1. The van der Waals surface area contributed by atoms with Gasteiger partial charge >= 0.3 is 0 Å². The summed E-state index contributed by atoms with van der Waals surface area (Å²) >= 11 is 0. The number of rotatable bonds is 3. The number of aromatic amines is 1. The molecule has 4 aromatic heterocycles. The first-order valence-electron chi connectivity index (χ1n) is 9.50. The Morgan fingerprint density at radius 1 is 1.16 bits per heavy atom. The number of nitrogens with zero attached hydrogens (tertiary/aromatic N) is 7. The zero-order chi connectivity index (χ0) is 20.9. The number of H-pyrrole nitrogens is 1. The summed E-state index contributed by atoms with van der Waals surface area (Å²) in [4.78, 5) is 37.7. The molecule has 31 heavy (non-hydrogen) atoms. The van der Waals surface area contributed by atoms with Gasteiger partial charge in [-0.25, -0.2) is 24.3 Å². The van der Waals surface area contributed by atoms with Crippen molar-refractivity contribution in [3.8, 4) is 0 Å². The van der Waals surface area contributed by atoms with Gasteiger partial charge in [0.1, 0.15) is 29.1 Å². The molecule has 0 saturated heterocycles. The van der Waals surface area contributed by atoms with Crippen molar-refractivity contribution in [2.75, 3.05) is 16.9 Å². The lowest BCUT2D eigenvalue weighted by molar-refractivity contribution is 0.634. The molecular weight excluding hydrogens is 401 g/mol. The van der Waals surface area contributed by atoms with Gasteiger partial charge < -0.3 is 10.3 Å². The average molecular weight is 415 g/mol. The minimum atomic E-state index is -0.609. The van der Waals surface area contributed by atoms with E-state index < -0.39 is 17.4 Å². The molecule has 152 valence electrons. The molecule has 1 atom stereocenters. The lowest BCUT2D eigenvalue weighted by Gasteiger charge is -2.20. The fourth-order valence-corrected chi connectivity index (χ4v) is 3.87. The van der Waals surface area contributed by atoms with Crippen LogP contribution in [0.5, 0.6) is 0 Å². The highest BCUT2D eigenvalue weighted by molar-refractivity contribution is 5.82. The van der Waals surface area contributed by atoms with Crippen molar-refractivity contribution in [2.24, 2.45) is 0 Å². The lowest BCUT2D eigenvalue weighted by Crippen LogP contribution is -2.36. The second-order valence-corrected chi connectivity index (χ2v) is 7.03. The molecule has 5 heterocycles. The van der Waals surface area contributed by atoms with Gasteiger partial charge in [0.05, 0.1) is 30.3 Å². The van der Waals surface area contributed by atoms with Crippen molar-refractivity contribution in [3.63, 3.8) is 0 Å². The van der Waals surface area contributed by atoms with Crippen LogP contribution in [0.25, 0.3) is 22.1 Å². The third-order valence-corrected chi connectivity index (χ3v) is 5.24. The van der Waals surface area contributed by atoms with E-state index in [0.29, 0.717) is 40.6 Å². The predicted octanol–water partition coefficient (Wildman–Crippen LogP) is 2.03. The standard InChI is InChI=1S/C20H14FN9O/c21-12-4-1-5-13-15(12)20(31)30-19(28-13)14(8-29(30)11-3-2-6-22-7-11)27-18-16-17(24-9-23-16)25-10-26-18/h1-7,9-10,14H,8H2,(H2,23,24,25,26,27)/t14-/m0/s1. The van der Waals surface area contributed by atoms with E-state index in [1.807, 2.05) is 6.07 Å². The van der Waals surface area contributed by atoms with Crippen LogP contribution in [0.2, 0.25) is 0 Å². The zero-order valence-corrected chi connectivity index (χ0v) is 15.9. The molecule has 1 aliphatic heterocycles. The molecule has 1 aromatic carbocycles. The maximum absolute atomic E-state index is 14.5. The van der Waals surface area contributed by atoms with E-state index in [0.717, 1.165) is 0 Å². The normalized spacial score (nSPS) is 15.5. The second kappa shape index (κ2) is 6.55. The third-order valence-electron chi connectivity index (χ3n) is 5.24. The van der Waals surface area contributed by atoms with Crippen LogP contribution in [0.1, 0.15) is 11.9 Å². The van der Waals surface area contributed by atoms with Crippen LogP contribution in [0.15, 0.2) is 60.2 Å². The van der Waals surface area contributed by atoms with Crippen molar-refractivity contribution in [3.05, 3.63) is 77.4 Å². The first kappa shape index (κ1) is 17.4. The Hall–Kier alpha value is -4.41. The van der Waals surface area contributed by atoms with Gasteiger partial charge in [-0.3, -0.25) is 14.8 Å². The van der Waals surface area contributed by atoms with Crippen molar-refractivity contribution >= 4 is 33.6 Å². The van der Waals surface area contributed by atoms with Gasteiger partial charge in [0.15, 0.2) is 17.3 Å². The highest BCUT2D eigenvalue weighted by atomic mass is 19.1. The summed E-state index contributed by atoms with van der Waals surface area (Å²) in [6.45, 7) is 0.353. The number of nitrogens with one attached hydrogen (secondary N) is 2. The smallest absolute Gasteiger partial charge is 0.283 e. The summed E-state index contributed by atoms with van der Waals surface area (Å²) < 4.78 is 15.9. The van der Waals surface area contributed by atoms with E-state index in [9.17, 15) is 9.18 Å². The highest BCUT2D eigenvalue weighted by Crippen LogP contribution is 2.30. The molecular formula is C20H14FN9O. The van der Waals surface area contributed by atoms with Crippen LogP contribution >= 0.6 is 0 Å². The van der Waals surface area contributed by atoms with E-state index in [1.165, 1.54) is 29.5 Å². The van der Waals surface area contributed by atoms with Crippen LogP contribution in [0, 0.1) is 5.82 Å². The number of anilines is 2. The van der Waals surface area contributed by atoms with E-state index in [1.54, 1.807) is 29.5 Å². The monoisotopic (exact) mass is 415 g/mol. The van der Waals surface area contributed by atoms with Crippen LogP contribution in [-0.2, 0) is 0 Å². The van der Waals surface area contributed by atoms with E-state index in [-0.39, 0.29) is 5.39 Å². The summed E-state index contributed by atoms with van der Waals surface area (Å²) in [5.41, 5.74) is 1.65. The molecule has 0 fully saturated rings. The van der Waals surface area contributed by atoms with Gasteiger partial charge in [0, 0.05) is 6.20 Å². The van der Waals surface area contributed by atoms with Crippen molar-refractivity contribution in [1.82, 2.24) is 34.6 Å². The van der Waals surface area contributed by atoms with E-state index in [4.69, 9.17) is 0 Å². The fraction of sp³-hybridized carbons (Fsp3) is 0.100. The number of hydrogen-bond acceptors (Lipinski definition) is 8. The fourth-order valence-electron chi connectivity index (χ4n) is 3.87. The summed E-state index contributed by atoms with van der Waals surface area (Å²) in [5.74, 6) is 0.363. The molecule has 0 radical (unpaired) electrons. The lowest BCUT2D eigenvalue weighted by atomic mass is 10.2. The topological polar surface area (TPSA) is 118 Å². The first-order chi connectivity index (χ1) is 15.2. The van der Waals surface area contributed by atoms with Gasteiger partial charge in [-0.05, 0) is 24.3 Å². The maximum atomic E-state index is 14.5. The highest BCUT2D eigenvalue weighted by Gasteiger charge is 2.34. The molecule has 0 saturated carbocycles. The molecule has 1 aliphatic rings. The second-order valence-electron chi connectivity index (χ2n) is 7.03. The Balaban J connectivity index is 1.55. The summed E-state index contributed by atoms with van der Waals surface area (Å²) in [7, 11) is 0. The first-order valence-corrected chi connectivity index (χ1v) is 9.50. The molecule has 0 aliphatic carbocycles. The Morgan fingerprint density at radius 3 is 2.97 bits per heavy atom. The summed E-state index contributed by atoms with van der Waals surface area (Å²) in [6, 6.07) is 7.61. The Morgan fingerprint density at radius 2 is 2.10 bits per heavy atom. The van der Waals surface area contributed by atoms with Gasteiger partial charge in [-0.15, -0.1) is 0 Å². The van der Waals surface area contributed by atoms with Gasteiger partial charge in [-0.2, -0.15) is 4.68 Å². The molecule has 5 aromatic rings. The number of aromatic nitrogens is 7. The maximum Gasteiger partial charge on any atom is 0.283 e. The number of benzene rings is 1. The molecule has 0 bridgehead atoms. The van der Waals surface area contributed by atoms with E-state index >= 15 is 0 Å².